The second-order valence-corrected chi connectivity index (χ2v) is 23.1. The number of carbonyl (C=O) groups excluding carboxylic acids is 4. The highest BCUT2D eigenvalue weighted by Gasteiger charge is 2.38. The fourth-order valence-electron chi connectivity index (χ4n) is 8.69. The second kappa shape index (κ2) is 31.8. The molecule has 0 spiro atoms. The van der Waals surface area contributed by atoms with Crippen LogP contribution in [0.1, 0.15) is 49.9 Å². The number of rotatable bonds is 35. The number of H-pyrrole nitrogens is 1. The summed E-state index contributed by atoms with van der Waals surface area (Å²) in [5.41, 5.74) is 3.12. The highest BCUT2D eigenvalue weighted by atomic mass is 31.2. The van der Waals surface area contributed by atoms with Crippen LogP contribution in [0.4, 0.5) is 0 Å². The van der Waals surface area contributed by atoms with Crippen LogP contribution in [-0.2, 0) is 84.2 Å². The molecule has 79 heavy (non-hydrogen) atoms. The minimum absolute atomic E-state index is 0.0568. The summed E-state index contributed by atoms with van der Waals surface area (Å²) in [5.74, 6) is -2.60. The molecule has 4 atom stereocenters. The average Bonchev–Trinajstić information content (AvgIpc) is 3.89. The van der Waals surface area contributed by atoms with Gasteiger partial charge in [0.15, 0.2) is 11.2 Å². The van der Waals surface area contributed by atoms with Crippen LogP contribution in [-0.4, -0.2) is 138 Å². The van der Waals surface area contributed by atoms with Crippen LogP contribution in [0.5, 0.6) is 0 Å². The molecule has 0 aliphatic heterocycles. The molecule has 2 heterocycles. The second-order valence-electron chi connectivity index (χ2n) is 18.4. The van der Waals surface area contributed by atoms with E-state index in [4.69, 9.17) is 23.7 Å². The van der Waals surface area contributed by atoms with Crippen LogP contribution in [0.3, 0.4) is 0 Å². The van der Waals surface area contributed by atoms with Crippen molar-refractivity contribution in [3.63, 3.8) is 0 Å². The zero-order valence-corrected chi connectivity index (χ0v) is 47.0. The molecule has 0 unspecified atom stereocenters. The van der Waals surface area contributed by atoms with E-state index in [1.54, 1.807) is 32.3 Å². The van der Waals surface area contributed by atoms with Gasteiger partial charge < -0.3 is 33.2 Å². The molecular weight excluding hydrogens is 1050 g/mol. The van der Waals surface area contributed by atoms with E-state index >= 15 is 9.13 Å². The molecule has 21 nitrogen and oxygen atoms in total. The van der Waals surface area contributed by atoms with Crippen molar-refractivity contribution in [3.8, 4) is 0 Å². The van der Waals surface area contributed by atoms with Gasteiger partial charge in [0.25, 0.3) is 5.56 Å². The van der Waals surface area contributed by atoms with E-state index in [9.17, 15) is 24.0 Å². The summed E-state index contributed by atoms with van der Waals surface area (Å²) in [6.45, 7) is 7.49. The fraction of sp³-hybridized carbons (Fsp3) is 0.411. The molecule has 0 aliphatic rings. The highest BCUT2D eigenvalue weighted by Crippen LogP contribution is 2.40. The highest BCUT2D eigenvalue weighted by molar-refractivity contribution is 7.60. The average molecular weight is 1130 g/mol. The molecule has 5 N–H and O–H groups in total. The molecule has 6 rings (SSSR count). The van der Waals surface area contributed by atoms with Crippen molar-refractivity contribution in [3.05, 3.63) is 167 Å². The van der Waals surface area contributed by atoms with E-state index in [0.717, 1.165) is 22.3 Å². The first-order valence-electron chi connectivity index (χ1n) is 26.5. The number of nitrogens with one attached hydrogen (secondary N) is 5. The van der Waals surface area contributed by atoms with E-state index < -0.39 is 74.8 Å². The van der Waals surface area contributed by atoms with Crippen LogP contribution in [0.25, 0.3) is 11.2 Å². The maximum atomic E-state index is 15.8. The van der Waals surface area contributed by atoms with Gasteiger partial charge in [0, 0.05) is 32.3 Å². The van der Waals surface area contributed by atoms with Crippen LogP contribution in [0.2, 0.25) is 0 Å². The number of aromatic nitrogens is 4. The van der Waals surface area contributed by atoms with Crippen LogP contribution >= 0.6 is 14.9 Å². The van der Waals surface area contributed by atoms with Crippen molar-refractivity contribution < 1.29 is 52.0 Å². The Hall–Kier alpha value is -6.67. The number of esters is 4. The van der Waals surface area contributed by atoms with E-state index in [0.29, 0.717) is 5.65 Å². The summed E-state index contributed by atoms with van der Waals surface area (Å²) in [5, 5.41) is 12.3. The standard InChI is InChI=1S/C56H73N9O12P2/c1-5-74-53(67)46(35-42-21-13-9-14-22-42)60-78(71,61-47(54(68)75-6-2)36-43-23-15-10-16-24-43)34-32-64(29-30-65-40-59-50-51(65)57-39-58-52(50)66)31-33-73-41-79(72,62-48(55(69)76-7-3)37-44-25-17-11-18-26-44)63-49(56(70)77-8-4)38-45-27-19-12-20-28-45/h9-28,39-40,46-49H,5-8,29-38,41H2,1-4H3,(H,57,58,66)(H2,60,61,71)(H2,62,63,72)/t46-,47-,48-,49-/m1/s1. The predicted octanol–water partition coefficient (Wildman–Crippen LogP) is 5.84. The van der Waals surface area contributed by atoms with Gasteiger partial charge in [-0.15, -0.1) is 0 Å². The van der Waals surface area contributed by atoms with Gasteiger partial charge in [-0.1, -0.05) is 121 Å². The molecule has 6 aromatic rings. The Morgan fingerprint density at radius 3 is 1.30 bits per heavy atom. The van der Waals surface area contributed by atoms with Crippen molar-refractivity contribution in [1.82, 2.24) is 44.8 Å². The zero-order valence-electron chi connectivity index (χ0n) is 45.2. The molecule has 2 aromatic heterocycles. The normalized spacial score (nSPS) is 13.3. The topological polar surface area (TPSA) is 263 Å². The quantitative estimate of drug-likeness (QED) is 0.0135. The third-order valence-corrected chi connectivity index (χ3v) is 16.8. The van der Waals surface area contributed by atoms with Crippen LogP contribution in [0, 0.1) is 0 Å². The Bertz CT molecular complexity index is 2850. The van der Waals surface area contributed by atoms with Crippen molar-refractivity contribution in [1.29, 1.82) is 0 Å². The summed E-state index contributed by atoms with van der Waals surface area (Å²) >= 11 is 0. The van der Waals surface area contributed by atoms with Crippen LogP contribution < -0.4 is 25.9 Å². The monoisotopic (exact) mass is 1130 g/mol. The van der Waals surface area contributed by atoms with E-state index in [1.165, 1.54) is 12.7 Å². The van der Waals surface area contributed by atoms with Gasteiger partial charge in [-0.25, -0.2) is 30.3 Å². The molecule has 0 amide bonds. The molecule has 424 valence electrons. The fourth-order valence-corrected chi connectivity index (χ4v) is 13.0. The number of benzene rings is 4. The molecular formula is C56H73N9O12P2. The van der Waals surface area contributed by atoms with Gasteiger partial charge >= 0.3 is 23.9 Å². The third-order valence-electron chi connectivity index (χ3n) is 12.5. The SMILES string of the molecule is CCOC(=O)[C@@H](Cc1ccccc1)NP(=O)(CCN(CCOCP(=O)(N[C@H](Cc1ccccc1)C(=O)OCC)N[C@H](Cc1ccccc1)C(=O)OCC)CCn1cnc2c(=O)[nH]cnc21)N[C@H](Cc1ccccc1)C(=O)OCC. The number of fused-ring (bicyclic) bond motifs is 1. The molecule has 0 bridgehead atoms. The van der Waals surface area contributed by atoms with Gasteiger partial charge in [0.05, 0.1) is 45.7 Å². The number of imidazole rings is 1. The Morgan fingerprint density at radius 1 is 0.544 bits per heavy atom. The number of ether oxygens (including phenoxy) is 5. The smallest absolute Gasteiger partial charge is 0.323 e. The molecule has 0 fully saturated rings. The van der Waals surface area contributed by atoms with Gasteiger partial charge in [0.2, 0.25) is 14.9 Å². The molecule has 0 saturated carbocycles. The van der Waals surface area contributed by atoms with Crippen molar-refractivity contribution >= 4 is 49.9 Å². The summed E-state index contributed by atoms with van der Waals surface area (Å²) < 4.78 is 61.3. The maximum Gasteiger partial charge on any atom is 0.323 e. The van der Waals surface area contributed by atoms with Gasteiger partial charge in [-0.2, -0.15) is 0 Å². The number of aromatic amines is 1. The minimum Gasteiger partial charge on any atom is -0.465 e. The largest absolute Gasteiger partial charge is 0.465 e. The Labute approximate surface area is 460 Å². The Balaban J connectivity index is 1.32. The van der Waals surface area contributed by atoms with Gasteiger partial charge in [0.1, 0.15) is 30.5 Å². The van der Waals surface area contributed by atoms with Crippen molar-refractivity contribution in [2.24, 2.45) is 0 Å². The molecule has 0 saturated heterocycles. The lowest BCUT2D eigenvalue weighted by Gasteiger charge is -2.31. The molecule has 4 aromatic carbocycles. The molecule has 23 heteroatoms. The third kappa shape index (κ3) is 19.9. The van der Waals surface area contributed by atoms with Crippen molar-refractivity contribution in [2.75, 3.05) is 65.2 Å². The summed E-state index contributed by atoms with van der Waals surface area (Å²) in [6.07, 6.45) is 2.51. The number of hydrogen-bond donors (Lipinski definition) is 5. The first-order valence-corrected chi connectivity index (χ1v) is 30.3. The molecule has 0 radical (unpaired) electrons. The lowest BCUT2D eigenvalue weighted by molar-refractivity contribution is -0.146. The Kier molecular flexibility index (Phi) is 24.8. The first kappa shape index (κ1) is 61.5. The maximum absolute atomic E-state index is 15.8. The van der Waals surface area contributed by atoms with E-state index in [2.05, 4.69) is 35.3 Å². The summed E-state index contributed by atoms with van der Waals surface area (Å²) in [6, 6.07) is 32.2. The van der Waals surface area contributed by atoms with E-state index in [-0.39, 0.29) is 96.6 Å². The lowest BCUT2D eigenvalue weighted by atomic mass is 10.1. The van der Waals surface area contributed by atoms with E-state index in [1.807, 2.05) is 126 Å². The summed E-state index contributed by atoms with van der Waals surface area (Å²) in [7, 11) is -8.16. The number of nitrogens with zero attached hydrogens (tertiary/aromatic N) is 4. The van der Waals surface area contributed by atoms with Gasteiger partial charge in [-0.05, 0) is 75.6 Å². The molecule has 0 aliphatic carbocycles. The van der Waals surface area contributed by atoms with Crippen LogP contribution in [0.15, 0.2) is 139 Å². The zero-order chi connectivity index (χ0) is 56.5. The van der Waals surface area contributed by atoms with Crippen molar-refractivity contribution in [2.45, 2.75) is 84.1 Å². The number of hydrogen-bond acceptors (Lipinski definition) is 15. The minimum atomic E-state index is -4.12. The predicted molar refractivity (Wildman–Crippen MR) is 300 cm³/mol. The summed E-state index contributed by atoms with van der Waals surface area (Å²) in [4.78, 5) is 80.6. The Morgan fingerprint density at radius 2 is 0.924 bits per heavy atom. The number of carbonyl (C=O) groups is 4. The van der Waals surface area contributed by atoms with Gasteiger partial charge in [-0.3, -0.25) is 38.0 Å². The lowest BCUT2D eigenvalue weighted by Crippen LogP contribution is -2.47. The first-order chi connectivity index (χ1) is 38.2.